The van der Waals surface area contributed by atoms with Crippen molar-refractivity contribution in [3.05, 3.63) is 40.5 Å². The van der Waals surface area contributed by atoms with E-state index in [0.29, 0.717) is 29.3 Å². The van der Waals surface area contributed by atoms with Crippen molar-refractivity contribution in [2.45, 2.75) is 45.2 Å². The Balaban J connectivity index is 1.75. The van der Waals surface area contributed by atoms with Crippen LogP contribution in [0.3, 0.4) is 0 Å². The quantitative estimate of drug-likeness (QED) is 0.825. The molecular weight excluding hydrogens is 314 g/mol. The van der Waals surface area contributed by atoms with Crippen molar-refractivity contribution in [1.29, 1.82) is 0 Å². The van der Waals surface area contributed by atoms with Crippen LogP contribution in [0.1, 0.15) is 55.9 Å². The Morgan fingerprint density at radius 2 is 2.17 bits per heavy atom. The Bertz CT molecular complexity index is 668. The van der Waals surface area contributed by atoms with E-state index < -0.39 is 0 Å². The van der Waals surface area contributed by atoms with Crippen LogP contribution in [0.2, 0.25) is 5.02 Å². The van der Waals surface area contributed by atoms with Gasteiger partial charge < -0.3 is 14.6 Å². The van der Waals surface area contributed by atoms with Crippen LogP contribution < -0.4 is 10.1 Å². The second kappa shape index (κ2) is 6.89. The van der Waals surface area contributed by atoms with Crippen LogP contribution in [0.25, 0.3) is 0 Å². The number of benzene rings is 1. The maximum atomic E-state index is 6.30. The van der Waals surface area contributed by atoms with Crippen molar-refractivity contribution in [1.82, 2.24) is 15.5 Å². The minimum Gasteiger partial charge on any atom is -0.496 e. The highest BCUT2D eigenvalue weighted by Crippen LogP contribution is 2.38. The van der Waals surface area contributed by atoms with Crippen LogP contribution in [0, 0.1) is 5.92 Å². The summed E-state index contributed by atoms with van der Waals surface area (Å²) in [7, 11) is 1.65. The van der Waals surface area contributed by atoms with Crippen molar-refractivity contribution in [3.8, 4) is 5.75 Å². The summed E-state index contributed by atoms with van der Waals surface area (Å²) in [6.45, 7) is 4.83. The summed E-state index contributed by atoms with van der Waals surface area (Å²) >= 11 is 6.30. The van der Waals surface area contributed by atoms with Gasteiger partial charge in [-0.05, 0) is 30.9 Å². The van der Waals surface area contributed by atoms with Crippen LogP contribution >= 0.6 is 11.6 Å². The molecule has 3 rings (SSSR count). The number of nitrogens with zero attached hydrogens (tertiary/aromatic N) is 2. The first kappa shape index (κ1) is 16.3. The van der Waals surface area contributed by atoms with Crippen molar-refractivity contribution in [2.75, 3.05) is 7.11 Å². The molecule has 5 nitrogen and oxygen atoms in total. The third-order valence-electron chi connectivity index (χ3n) is 4.13. The maximum absolute atomic E-state index is 6.30. The number of hydrogen-bond donors (Lipinski definition) is 1. The summed E-state index contributed by atoms with van der Waals surface area (Å²) in [5.41, 5.74) is 0.934. The maximum Gasteiger partial charge on any atom is 0.244 e. The third kappa shape index (κ3) is 3.67. The molecule has 1 aliphatic rings. The van der Waals surface area contributed by atoms with Crippen molar-refractivity contribution >= 4 is 11.6 Å². The molecule has 1 N–H and O–H groups in total. The van der Waals surface area contributed by atoms with Crippen LogP contribution in [0.4, 0.5) is 0 Å². The van der Waals surface area contributed by atoms with E-state index in [4.69, 9.17) is 20.9 Å². The Labute approximate surface area is 141 Å². The predicted octanol–water partition coefficient (Wildman–Crippen LogP) is 4.10. The van der Waals surface area contributed by atoms with Gasteiger partial charge in [-0.3, -0.25) is 0 Å². The zero-order chi connectivity index (χ0) is 16.4. The molecule has 1 saturated carbocycles. The number of nitrogens with one attached hydrogen (secondary N) is 1. The highest BCUT2D eigenvalue weighted by Gasteiger charge is 2.31. The monoisotopic (exact) mass is 335 g/mol. The van der Waals surface area contributed by atoms with Gasteiger partial charge >= 0.3 is 0 Å². The molecule has 23 heavy (non-hydrogen) atoms. The number of ether oxygens (including phenoxy) is 1. The summed E-state index contributed by atoms with van der Waals surface area (Å²) < 4.78 is 10.9. The third-order valence-corrected chi connectivity index (χ3v) is 4.48. The molecule has 2 aromatic rings. The van der Waals surface area contributed by atoms with E-state index in [9.17, 15) is 0 Å². The molecule has 0 radical (unpaired) electrons. The van der Waals surface area contributed by atoms with Gasteiger partial charge in [0.2, 0.25) is 5.89 Å². The van der Waals surface area contributed by atoms with E-state index in [0.717, 1.165) is 30.0 Å². The molecule has 1 heterocycles. The zero-order valence-electron chi connectivity index (χ0n) is 13.7. The number of aromatic nitrogens is 2. The minimum absolute atomic E-state index is 0.0176. The molecule has 0 bridgehead atoms. The summed E-state index contributed by atoms with van der Waals surface area (Å²) in [6.07, 6.45) is 2.32. The van der Waals surface area contributed by atoms with Gasteiger partial charge in [0.15, 0.2) is 5.82 Å². The lowest BCUT2D eigenvalue weighted by Gasteiger charge is -2.20. The zero-order valence-corrected chi connectivity index (χ0v) is 14.4. The van der Waals surface area contributed by atoms with Crippen molar-refractivity contribution < 1.29 is 9.26 Å². The predicted molar refractivity (Wildman–Crippen MR) is 88.7 cm³/mol. The first-order valence-electron chi connectivity index (χ1n) is 7.98. The van der Waals surface area contributed by atoms with Gasteiger partial charge in [-0.25, -0.2) is 0 Å². The van der Waals surface area contributed by atoms with E-state index in [-0.39, 0.29) is 6.04 Å². The second-order valence-corrected chi connectivity index (χ2v) is 6.70. The average Bonchev–Trinajstić information content (AvgIpc) is 3.27. The Kier molecular flexibility index (Phi) is 4.87. The van der Waals surface area contributed by atoms with Crippen molar-refractivity contribution in [3.63, 3.8) is 0 Å². The van der Waals surface area contributed by atoms with E-state index >= 15 is 0 Å². The molecule has 1 aromatic heterocycles. The highest BCUT2D eigenvalue weighted by molar-refractivity contribution is 6.31. The molecule has 1 fully saturated rings. The average molecular weight is 336 g/mol. The first-order chi connectivity index (χ1) is 11.1. The Morgan fingerprint density at radius 1 is 1.39 bits per heavy atom. The molecular formula is C17H22ClN3O2. The van der Waals surface area contributed by atoms with Gasteiger partial charge in [0.05, 0.1) is 13.2 Å². The highest BCUT2D eigenvalue weighted by atomic mass is 35.5. The normalized spacial score (nSPS) is 15.9. The van der Waals surface area contributed by atoms with E-state index in [1.807, 2.05) is 18.2 Å². The SMILES string of the molecule is COc1cccc(Cl)c1CN[C@@H](c1nc(C2CC2)no1)C(C)C. The lowest BCUT2D eigenvalue weighted by Crippen LogP contribution is -2.26. The largest absolute Gasteiger partial charge is 0.496 e. The number of rotatable bonds is 7. The van der Waals surface area contributed by atoms with Gasteiger partial charge in [0.25, 0.3) is 0 Å². The second-order valence-electron chi connectivity index (χ2n) is 6.29. The van der Waals surface area contributed by atoms with Gasteiger partial charge in [-0.2, -0.15) is 4.98 Å². The van der Waals surface area contributed by atoms with Crippen molar-refractivity contribution in [2.24, 2.45) is 5.92 Å². The van der Waals surface area contributed by atoms with Crippen LogP contribution in [0.5, 0.6) is 5.75 Å². The Morgan fingerprint density at radius 3 is 2.83 bits per heavy atom. The smallest absolute Gasteiger partial charge is 0.244 e. The van der Waals surface area contributed by atoms with E-state index in [2.05, 4.69) is 29.3 Å². The fourth-order valence-corrected chi connectivity index (χ4v) is 2.84. The summed E-state index contributed by atoms with van der Waals surface area (Å²) in [5, 5.41) is 8.27. The van der Waals surface area contributed by atoms with Crippen LogP contribution in [-0.2, 0) is 6.54 Å². The summed E-state index contributed by atoms with van der Waals surface area (Å²) in [5.74, 6) is 3.06. The molecule has 0 spiro atoms. The standard InChI is InChI=1S/C17H22ClN3O2/c1-10(2)15(17-20-16(21-23-17)11-7-8-11)19-9-12-13(18)5-4-6-14(12)22-3/h4-6,10-11,15,19H,7-9H2,1-3H3/t15-/m1/s1. The molecule has 1 atom stereocenters. The van der Waals surface area contributed by atoms with Gasteiger partial charge in [0, 0.05) is 23.0 Å². The van der Waals surface area contributed by atoms with E-state index in [1.54, 1.807) is 7.11 Å². The molecule has 6 heteroatoms. The fraction of sp³-hybridized carbons (Fsp3) is 0.529. The van der Waals surface area contributed by atoms with Gasteiger partial charge in [-0.15, -0.1) is 0 Å². The molecule has 124 valence electrons. The minimum atomic E-state index is -0.0176. The van der Waals surface area contributed by atoms with Gasteiger partial charge in [-0.1, -0.05) is 36.7 Å². The van der Waals surface area contributed by atoms with E-state index in [1.165, 1.54) is 0 Å². The van der Waals surface area contributed by atoms with Gasteiger partial charge in [0.1, 0.15) is 5.75 Å². The Hall–Kier alpha value is -1.59. The lowest BCUT2D eigenvalue weighted by molar-refractivity contribution is 0.285. The van der Waals surface area contributed by atoms with Crippen LogP contribution in [0.15, 0.2) is 22.7 Å². The molecule has 0 aliphatic heterocycles. The van der Waals surface area contributed by atoms with Crippen LogP contribution in [-0.4, -0.2) is 17.3 Å². The number of hydrogen-bond acceptors (Lipinski definition) is 5. The molecule has 0 saturated heterocycles. The fourth-order valence-electron chi connectivity index (χ4n) is 2.60. The summed E-state index contributed by atoms with van der Waals surface area (Å²) in [6, 6.07) is 5.63. The molecule has 1 aromatic carbocycles. The molecule has 0 unspecified atom stereocenters. The topological polar surface area (TPSA) is 60.2 Å². The number of methoxy groups -OCH3 is 1. The molecule has 0 amide bonds. The number of halogens is 1. The summed E-state index contributed by atoms with van der Waals surface area (Å²) in [4.78, 5) is 4.57. The first-order valence-corrected chi connectivity index (χ1v) is 8.36. The lowest BCUT2D eigenvalue weighted by atomic mass is 10.0. The molecule has 1 aliphatic carbocycles.